The molecule has 0 aliphatic heterocycles. The zero-order valence-electron chi connectivity index (χ0n) is 8.78. The number of rotatable bonds is 2. The Morgan fingerprint density at radius 2 is 1.93 bits per heavy atom. The standard InChI is InChI=1S/C9H13BrN2O2S/c1-9(2,3)12-15(13,14)8-6-4-5-7(10)11-8/h4-6,12H,1-3H3. The largest absolute Gasteiger partial charge is 0.258 e. The molecule has 84 valence electrons. The van der Waals surface area contributed by atoms with Crippen molar-refractivity contribution in [2.75, 3.05) is 0 Å². The average molecular weight is 293 g/mol. The lowest BCUT2D eigenvalue weighted by Crippen LogP contribution is -2.40. The smallest absolute Gasteiger partial charge is 0.228 e. The SMILES string of the molecule is CC(C)(C)NS(=O)(=O)c1cccc(Br)n1. The Kier molecular flexibility index (Phi) is 3.52. The highest BCUT2D eigenvalue weighted by molar-refractivity contribution is 9.10. The van der Waals surface area contributed by atoms with E-state index in [1.807, 2.05) is 0 Å². The molecule has 0 bridgehead atoms. The quantitative estimate of drug-likeness (QED) is 0.848. The summed E-state index contributed by atoms with van der Waals surface area (Å²) in [6, 6.07) is 4.77. The van der Waals surface area contributed by atoms with Crippen molar-refractivity contribution in [3.05, 3.63) is 22.8 Å². The maximum Gasteiger partial charge on any atom is 0.258 e. The first-order valence-electron chi connectivity index (χ1n) is 4.37. The lowest BCUT2D eigenvalue weighted by Gasteiger charge is -2.19. The van der Waals surface area contributed by atoms with Crippen molar-refractivity contribution >= 4 is 26.0 Å². The predicted octanol–water partition coefficient (Wildman–Crippen LogP) is 1.92. The van der Waals surface area contributed by atoms with Gasteiger partial charge in [-0.1, -0.05) is 6.07 Å². The second kappa shape index (κ2) is 4.19. The predicted molar refractivity (Wildman–Crippen MR) is 62.0 cm³/mol. The molecule has 0 saturated carbocycles. The molecule has 1 heterocycles. The van der Waals surface area contributed by atoms with E-state index in [9.17, 15) is 8.42 Å². The first kappa shape index (κ1) is 12.6. The molecule has 0 amide bonds. The number of aromatic nitrogens is 1. The van der Waals surface area contributed by atoms with Gasteiger partial charge in [0, 0.05) is 5.54 Å². The molecule has 0 saturated heterocycles. The summed E-state index contributed by atoms with van der Waals surface area (Å²) in [6.45, 7) is 5.34. The van der Waals surface area contributed by atoms with Crippen LogP contribution >= 0.6 is 15.9 Å². The second-order valence-electron chi connectivity index (χ2n) is 4.15. The third-order valence-electron chi connectivity index (χ3n) is 1.41. The molecular weight excluding hydrogens is 280 g/mol. The van der Waals surface area contributed by atoms with Crippen molar-refractivity contribution in [2.24, 2.45) is 0 Å². The molecule has 0 unspecified atom stereocenters. The van der Waals surface area contributed by atoms with Crippen LogP contribution in [0.4, 0.5) is 0 Å². The van der Waals surface area contributed by atoms with Gasteiger partial charge in [-0.15, -0.1) is 0 Å². The molecule has 0 radical (unpaired) electrons. The average Bonchev–Trinajstić information content (AvgIpc) is 1.99. The minimum absolute atomic E-state index is 0.0202. The van der Waals surface area contributed by atoms with Crippen molar-refractivity contribution in [3.63, 3.8) is 0 Å². The van der Waals surface area contributed by atoms with Crippen LogP contribution in [0.3, 0.4) is 0 Å². The zero-order chi connectivity index (χ0) is 11.7. The highest BCUT2D eigenvalue weighted by Crippen LogP contribution is 2.13. The van der Waals surface area contributed by atoms with Crippen LogP contribution in [0.1, 0.15) is 20.8 Å². The fourth-order valence-corrected chi connectivity index (χ4v) is 2.84. The highest BCUT2D eigenvalue weighted by atomic mass is 79.9. The Morgan fingerprint density at radius 3 is 2.40 bits per heavy atom. The molecule has 1 aromatic rings. The summed E-state index contributed by atoms with van der Waals surface area (Å²) >= 11 is 3.13. The van der Waals surface area contributed by atoms with Gasteiger partial charge in [0.05, 0.1) is 0 Å². The number of hydrogen-bond donors (Lipinski definition) is 1. The van der Waals surface area contributed by atoms with Crippen LogP contribution in [0, 0.1) is 0 Å². The minimum atomic E-state index is -3.53. The Hall–Kier alpha value is -0.460. The maximum atomic E-state index is 11.8. The van der Waals surface area contributed by atoms with Crippen molar-refractivity contribution in [1.29, 1.82) is 0 Å². The second-order valence-corrected chi connectivity index (χ2v) is 6.60. The van der Waals surface area contributed by atoms with Gasteiger partial charge in [0.2, 0.25) is 0 Å². The lowest BCUT2D eigenvalue weighted by molar-refractivity contribution is 0.489. The van der Waals surface area contributed by atoms with E-state index in [0.29, 0.717) is 4.60 Å². The molecule has 15 heavy (non-hydrogen) atoms. The van der Waals surface area contributed by atoms with Gasteiger partial charge in [-0.25, -0.2) is 18.1 Å². The molecule has 0 aliphatic rings. The van der Waals surface area contributed by atoms with Crippen molar-refractivity contribution in [1.82, 2.24) is 9.71 Å². The Balaban J connectivity index is 3.07. The van der Waals surface area contributed by atoms with E-state index >= 15 is 0 Å². The van der Waals surface area contributed by atoms with Gasteiger partial charge in [0.15, 0.2) is 5.03 Å². The van der Waals surface area contributed by atoms with Gasteiger partial charge in [0.25, 0.3) is 10.0 Å². The zero-order valence-corrected chi connectivity index (χ0v) is 11.2. The molecule has 0 atom stereocenters. The Bertz CT molecular complexity index is 451. The third kappa shape index (κ3) is 3.89. The fourth-order valence-electron chi connectivity index (χ4n) is 0.995. The highest BCUT2D eigenvalue weighted by Gasteiger charge is 2.22. The Labute approximate surface area is 98.3 Å². The van der Waals surface area contributed by atoms with E-state index in [1.165, 1.54) is 6.07 Å². The normalized spacial score (nSPS) is 12.8. The van der Waals surface area contributed by atoms with Crippen molar-refractivity contribution in [2.45, 2.75) is 31.3 Å². The number of halogens is 1. The van der Waals surface area contributed by atoms with E-state index in [1.54, 1.807) is 32.9 Å². The summed E-state index contributed by atoms with van der Waals surface area (Å²) in [7, 11) is -3.53. The summed E-state index contributed by atoms with van der Waals surface area (Å²) in [4.78, 5) is 3.90. The number of nitrogens with one attached hydrogen (secondary N) is 1. The van der Waals surface area contributed by atoms with Gasteiger partial charge in [-0.3, -0.25) is 0 Å². The van der Waals surface area contributed by atoms with Gasteiger partial charge >= 0.3 is 0 Å². The molecule has 6 heteroatoms. The van der Waals surface area contributed by atoms with Crippen molar-refractivity contribution < 1.29 is 8.42 Å². The summed E-state index contributed by atoms with van der Waals surface area (Å²) in [5.74, 6) is 0. The van der Waals surface area contributed by atoms with Gasteiger partial charge < -0.3 is 0 Å². The number of nitrogens with zero attached hydrogens (tertiary/aromatic N) is 1. The van der Waals surface area contributed by atoms with E-state index in [2.05, 4.69) is 25.6 Å². The first-order valence-corrected chi connectivity index (χ1v) is 6.65. The maximum absolute atomic E-state index is 11.8. The monoisotopic (exact) mass is 292 g/mol. The summed E-state index contributed by atoms with van der Waals surface area (Å²) in [6.07, 6.45) is 0. The van der Waals surface area contributed by atoms with E-state index in [-0.39, 0.29) is 5.03 Å². The Morgan fingerprint density at radius 1 is 1.33 bits per heavy atom. The number of sulfonamides is 1. The van der Waals surface area contributed by atoms with Gasteiger partial charge in [-0.05, 0) is 48.8 Å². The lowest BCUT2D eigenvalue weighted by atomic mass is 10.1. The molecule has 1 N–H and O–H groups in total. The molecule has 1 aromatic heterocycles. The third-order valence-corrected chi connectivity index (χ3v) is 3.51. The van der Waals surface area contributed by atoms with Crippen molar-refractivity contribution in [3.8, 4) is 0 Å². The van der Waals surface area contributed by atoms with E-state index in [4.69, 9.17) is 0 Å². The first-order chi connectivity index (χ1) is 6.71. The van der Waals surface area contributed by atoms with Crippen LogP contribution in [-0.2, 0) is 10.0 Å². The van der Waals surface area contributed by atoms with Crippen LogP contribution in [0.15, 0.2) is 27.8 Å². The van der Waals surface area contributed by atoms with Gasteiger partial charge in [0.1, 0.15) is 4.60 Å². The molecule has 1 rings (SSSR count). The van der Waals surface area contributed by atoms with Crippen LogP contribution in [-0.4, -0.2) is 18.9 Å². The summed E-state index contributed by atoms with van der Waals surface area (Å²) in [5.41, 5.74) is -0.511. The molecule has 0 aliphatic carbocycles. The van der Waals surface area contributed by atoms with Crippen LogP contribution in [0.2, 0.25) is 0 Å². The summed E-state index contributed by atoms with van der Waals surface area (Å²) < 4.78 is 26.6. The number of hydrogen-bond acceptors (Lipinski definition) is 3. The molecular formula is C9H13BrN2O2S. The van der Waals surface area contributed by atoms with Crippen LogP contribution < -0.4 is 4.72 Å². The van der Waals surface area contributed by atoms with Crippen LogP contribution in [0.5, 0.6) is 0 Å². The van der Waals surface area contributed by atoms with Crippen LogP contribution in [0.25, 0.3) is 0 Å². The minimum Gasteiger partial charge on any atom is -0.228 e. The molecule has 0 spiro atoms. The fraction of sp³-hybridized carbons (Fsp3) is 0.444. The summed E-state index contributed by atoms with van der Waals surface area (Å²) in [5, 5.41) is 0.0202. The molecule has 0 fully saturated rings. The topological polar surface area (TPSA) is 59.1 Å². The van der Waals surface area contributed by atoms with E-state index in [0.717, 1.165) is 0 Å². The molecule has 4 nitrogen and oxygen atoms in total. The van der Waals surface area contributed by atoms with Gasteiger partial charge in [-0.2, -0.15) is 0 Å². The number of pyridine rings is 1. The van der Waals surface area contributed by atoms with E-state index < -0.39 is 15.6 Å². The molecule has 0 aromatic carbocycles.